The molecule has 0 amide bonds. The molecule has 9 aromatic carbocycles. The summed E-state index contributed by atoms with van der Waals surface area (Å²) in [6.45, 7) is 8.93. The highest BCUT2D eigenvalue weighted by molar-refractivity contribution is 6.16. The number of hydrogen-bond donors (Lipinski definition) is 0. The van der Waals surface area contributed by atoms with Crippen LogP contribution >= 0.6 is 0 Å². The average molecular weight is 954 g/mol. The zero-order valence-corrected chi connectivity index (χ0v) is 39.4. The summed E-state index contributed by atoms with van der Waals surface area (Å²) >= 11 is 0. The lowest BCUT2D eigenvalue weighted by Crippen LogP contribution is -2.15. The first-order valence-electron chi connectivity index (χ1n) is 23.8. The van der Waals surface area contributed by atoms with Crippen LogP contribution in [0.1, 0.15) is 66.6 Å². The number of nitrogens with zero attached hydrogens (tertiary/aromatic N) is 3. The Hall–Kier alpha value is -8.35. The lowest BCUT2D eigenvalue weighted by Gasteiger charge is -2.23. The van der Waals surface area contributed by atoms with Crippen molar-refractivity contribution in [2.45, 2.75) is 50.9 Å². The summed E-state index contributed by atoms with van der Waals surface area (Å²) in [5.74, 6) is 0. The smallest absolute Gasteiger partial charge is 0.309 e. The van der Waals surface area contributed by atoms with Crippen LogP contribution in [0.3, 0.4) is 0 Å². The van der Waals surface area contributed by atoms with Gasteiger partial charge in [0.2, 0.25) is 0 Å². The molecular formula is C63H41F6N3. The molecule has 0 aliphatic heterocycles. The molecule has 72 heavy (non-hydrogen) atoms. The molecule has 0 unspecified atom stereocenters. The fourth-order valence-corrected chi connectivity index (χ4v) is 12.4. The van der Waals surface area contributed by atoms with E-state index in [2.05, 4.69) is 122 Å². The second-order valence-corrected chi connectivity index (χ2v) is 20.2. The number of nitriles is 1. The first-order valence-corrected chi connectivity index (χ1v) is 23.8. The van der Waals surface area contributed by atoms with Gasteiger partial charge in [-0.3, -0.25) is 0 Å². The molecule has 0 atom stereocenters. The molecule has 3 nitrogen and oxygen atoms in total. The van der Waals surface area contributed by atoms with Gasteiger partial charge in [-0.1, -0.05) is 137 Å². The molecule has 0 saturated carbocycles. The molecule has 0 bridgehead atoms. The molecule has 0 N–H and O–H groups in total. The molecule has 2 aliphatic carbocycles. The van der Waals surface area contributed by atoms with Gasteiger partial charge in [-0.05, 0) is 122 Å². The van der Waals surface area contributed by atoms with Crippen molar-refractivity contribution in [1.82, 2.24) is 9.13 Å². The summed E-state index contributed by atoms with van der Waals surface area (Å²) in [6.07, 6.45) is -10.1. The van der Waals surface area contributed by atoms with Crippen molar-refractivity contribution in [3.05, 3.63) is 215 Å². The molecule has 11 aromatic rings. The molecule has 0 fully saturated rings. The van der Waals surface area contributed by atoms with Crippen molar-refractivity contribution in [3.63, 3.8) is 0 Å². The van der Waals surface area contributed by atoms with E-state index in [1.165, 1.54) is 22.3 Å². The summed E-state index contributed by atoms with van der Waals surface area (Å²) in [5.41, 5.74) is 12.0. The van der Waals surface area contributed by atoms with E-state index in [0.29, 0.717) is 22.4 Å². The second-order valence-electron chi connectivity index (χ2n) is 20.2. The van der Waals surface area contributed by atoms with Crippen LogP contribution in [0.15, 0.2) is 176 Å². The van der Waals surface area contributed by atoms with E-state index in [-0.39, 0.29) is 22.6 Å². The number of benzene rings is 9. The monoisotopic (exact) mass is 953 g/mol. The highest BCUT2D eigenvalue weighted by atomic mass is 19.4. The summed E-state index contributed by atoms with van der Waals surface area (Å²) in [5, 5.41) is 14.7. The molecule has 9 heteroatoms. The van der Waals surface area contributed by atoms with E-state index in [1.54, 1.807) is 24.3 Å². The van der Waals surface area contributed by atoms with Gasteiger partial charge in [0.15, 0.2) is 0 Å². The Morgan fingerprint density at radius 1 is 0.403 bits per heavy atom. The average Bonchev–Trinajstić information content (AvgIpc) is 4.04. The first kappa shape index (κ1) is 43.7. The van der Waals surface area contributed by atoms with Crippen LogP contribution in [-0.2, 0) is 23.2 Å². The summed E-state index contributed by atoms with van der Waals surface area (Å²) in [7, 11) is 0. The predicted molar refractivity (Wildman–Crippen MR) is 276 cm³/mol. The minimum Gasteiger partial charge on any atom is -0.309 e. The van der Waals surface area contributed by atoms with Crippen molar-refractivity contribution in [1.29, 1.82) is 5.26 Å². The summed E-state index contributed by atoms with van der Waals surface area (Å²) in [6, 6.07) is 56.3. The summed E-state index contributed by atoms with van der Waals surface area (Å²) < 4.78 is 91.4. The number of rotatable bonds is 4. The van der Waals surface area contributed by atoms with Gasteiger partial charge in [-0.25, -0.2) is 0 Å². The molecule has 0 spiro atoms. The number of para-hydroxylation sites is 2. The predicted octanol–water partition coefficient (Wildman–Crippen LogP) is 17.7. The lowest BCUT2D eigenvalue weighted by molar-refractivity contribution is -0.143. The van der Waals surface area contributed by atoms with Gasteiger partial charge in [0.1, 0.15) is 0 Å². The van der Waals surface area contributed by atoms with E-state index in [4.69, 9.17) is 0 Å². The third-order valence-corrected chi connectivity index (χ3v) is 15.5. The number of hydrogen-bond acceptors (Lipinski definition) is 1. The van der Waals surface area contributed by atoms with Crippen LogP contribution in [0.2, 0.25) is 0 Å². The van der Waals surface area contributed by atoms with Crippen LogP contribution in [0, 0.1) is 11.3 Å². The Morgan fingerprint density at radius 2 is 0.875 bits per heavy atom. The minimum absolute atomic E-state index is 0.150. The van der Waals surface area contributed by atoms with Gasteiger partial charge in [0.25, 0.3) is 0 Å². The molecule has 2 heterocycles. The van der Waals surface area contributed by atoms with Gasteiger partial charge in [-0.2, -0.15) is 31.6 Å². The van der Waals surface area contributed by atoms with Crippen LogP contribution < -0.4 is 0 Å². The fraction of sp³-hybridized carbons (Fsp3) is 0.127. The molecule has 2 aromatic heterocycles. The third kappa shape index (κ3) is 6.05. The topological polar surface area (TPSA) is 33.6 Å². The Kier molecular flexibility index (Phi) is 9.00. The Balaban J connectivity index is 1.15. The van der Waals surface area contributed by atoms with Crippen LogP contribution in [0.5, 0.6) is 0 Å². The SMILES string of the molecule is CC1(C)c2ccccc2-c2ccc3c(c21)c1ccccc1n3-c1ccc(C#N)cc1-c1ccc(-c2cc(C(F)(F)F)cc(C(F)(F)F)c2)cc1-n1c2ccccc2c2c3c(ccc21)-c1ccccc1C3(C)C. The van der Waals surface area contributed by atoms with Gasteiger partial charge >= 0.3 is 12.4 Å². The number of aromatic nitrogens is 2. The zero-order valence-electron chi connectivity index (χ0n) is 39.4. The van der Waals surface area contributed by atoms with E-state index >= 15 is 0 Å². The number of alkyl halides is 6. The highest BCUT2D eigenvalue weighted by Gasteiger charge is 2.41. The lowest BCUT2D eigenvalue weighted by atomic mass is 9.80. The van der Waals surface area contributed by atoms with Crippen LogP contribution in [0.25, 0.3) is 99.5 Å². The molecule has 0 saturated heterocycles. The van der Waals surface area contributed by atoms with E-state index in [1.807, 2.05) is 54.6 Å². The van der Waals surface area contributed by atoms with Crippen molar-refractivity contribution in [3.8, 4) is 62.0 Å². The Morgan fingerprint density at radius 3 is 1.39 bits per heavy atom. The maximum atomic E-state index is 14.5. The fourth-order valence-electron chi connectivity index (χ4n) is 12.4. The minimum atomic E-state index is -5.05. The van der Waals surface area contributed by atoms with Crippen molar-refractivity contribution >= 4 is 43.6 Å². The van der Waals surface area contributed by atoms with Crippen LogP contribution in [0.4, 0.5) is 26.3 Å². The molecule has 350 valence electrons. The Labute approximate surface area is 410 Å². The zero-order chi connectivity index (χ0) is 49.8. The van der Waals surface area contributed by atoms with Gasteiger partial charge in [0, 0.05) is 43.5 Å². The van der Waals surface area contributed by atoms with Crippen molar-refractivity contribution in [2.75, 3.05) is 0 Å². The van der Waals surface area contributed by atoms with Crippen molar-refractivity contribution < 1.29 is 26.3 Å². The normalized spacial score (nSPS) is 14.5. The molecular weight excluding hydrogens is 913 g/mol. The van der Waals surface area contributed by atoms with Gasteiger partial charge in [0.05, 0.1) is 56.2 Å². The first-order chi connectivity index (χ1) is 34.5. The van der Waals surface area contributed by atoms with E-state index in [0.717, 1.165) is 83.7 Å². The maximum Gasteiger partial charge on any atom is 0.416 e. The number of halogens is 6. The van der Waals surface area contributed by atoms with Gasteiger partial charge < -0.3 is 9.13 Å². The van der Waals surface area contributed by atoms with Gasteiger partial charge in [-0.15, -0.1) is 0 Å². The maximum absolute atomic E-state index is 14.5. The van der Waals surface area contributed by atoms with Crippen LogP contribution in [-0.4, -0.2) is 9.13 Å². The quantitative estimate of drug-likeness (QED) is 0.162. The highest BCUT2D eigenvalue weighted by Crippen LogP contribution is 2.56. The largest absolute Gasteiger partial charge is 0.416 e. The van der Waals surface area contributed by atoms with E-state index < -0.39 is 28.9 Å². The summed E-state index contributed by atoms with van der Waals surface area (Å²) in [4.78, 5) is 0. The number of fused-ring (bicyclic) bond motifs is 14. The molecule has 2 aliphatic rings. The molecule has 0 radical (unpaired) electrons. The third-order valence-electron chi connectivity index (χ3n) is 15.5. The van der Waals surface area contributed by atoms with E-state index in [9.17, 15) is 31.6 Å². The van der Waals surface area contributed by atoms with Crippen molar-refractivity contribution in [2.24, 2.45) is 0 Å². The standard InChI is InChI=1S/C63H41F6N3/c1-60(2)48-17-9-5-13-40(48)43-24-27-53-56(58(43)60)45-15-7-11-19-50(45)71(53)52-26-21-35(34-70)29-47(52)42-23-22-36(37-30-38(62(64,65)66)33-39(31-37)63(67,68)69)32-55(42)72-51-20-12-8-16-46(51)57-54(72)28-25-44-41-14-6-10-18-49(41)61(3,4)59(44)57/h5-33H,1-4H3. The second kappa shape index (κ2) is 14.8. The Bertz CT molecular complexity index is 4180. The molecule has 13 rings (SSSR count).